The molecule has 0 saturated heterocycles. The summed E-state index contributed by atoms with van der Waals surface area (Å²) in [6.45, 7) is 5.76. The van der Waals surface area contributed by atoms with Crippen molar-refractivity contribution in [1.82, 2.24) is 20.1 Å². The minimum atomic E-state index is 0.434. The fourth-order valence-electron chi connectivity index (χ4n) is 2.09. The number of hydrogen-bond acceptors (Lipinski definition) is 4. The third-order valence-corrected chi connectivity index (χ3v) is 3.19. The zero-order chi connectivity index (χ0) is 14.4. The molecule has 1 aromatic heterocycles. The molecule has 20 heavy (non-hydrogen) atoms. The van der Waals surface area contributed by atoms with Gasteiger partial charge in [-0.25, -0.2) is 4.98 Å². The van der Waals surface area contributed by atoms with E-state index in [9.17, 15) is 0 Å². The van der Waals surface area contributed by atoms with E-state index in [0.29, 0.717) is 12.6 Å². The number of likely N-dealkylation sites (N-methyl/N-ethyl adjacent to an activating group) is 1. The normalized spacial score (nSPS) is 12.3. The molecule has 1 heterocycles. The van der Waals surface area contributed by atoms with Crippen LogP contribution < -0.4 is 10.1 Å². The SMILES string of the molecule is CCNC(C)Cc1ccc(OCc2ncnn2C)cc1. The highest BCUT2D eigenvalue weighted by atomic mass is 16.5. The van der Waals surface area contributed by atoms with Crippen molar-refractivity contribution in [3.05, 3.63) is 42.0 Å². The molecule has 0 aliphatic rings. The lowest BCUT2D eigenvalue weighted by Crippen LogP contribution is -2.27. The Labute approximate surface area is 120 Å². The second-order valence-corrected chi connectivity index (χ2v) is 4.90. The summed E-state index contributed by atoms with van der Waals surface area (Å²) >= 11 is 0. The average Bonchev–Trinajstić information content (AvgIpc) is 2.84. The van der Waals surface area contributed by atoms with Gasteiger partial charge in [0.25, 0.3) is 0 Å². The molecule has 1 N–H and O–H groups in total. The Morgan fingerprint density at radius 2 is 2.05 bits per heavy atom. The van der Waals surface area contributed by atoms with Crippen molar-refractivity contribution in [1.29, 1.82) is 0 Å². The predicted octanol–water partition coefficient (Wildman–Crippen LogP) is 1.93. The van der Waals surface area contributed by atoms with Crippen molar-refractivity contribution in [2.24, 2.45) is 7.05 Å². The third-order valence-electron chi connectivity index (χ3n) is 3.19. The van der Waals surface area contributed by atoms with Crippen LogP contribution in [0.4, 0.5) is 0 Å². The van der Waals surface area contributed by atoms with Gasteiger partial charge in [0.05, 0.1) is 0 Å². The molecule has 0 aliphatic carbocycles. The number of nitrogens with zero attached hydrogens (tertiary/aromatic N) is 3. The van der Waals surface area contributed by atoms with Gasteiger partial charge in [-0.05, 0) is 37.6 Å². The molecule has 0 amide bonds. The standard InChI is InChI=1S/C15H22N4O/c1-4-16-12(2)9-13-5-7-14(8-6-13)20-10-15-17-11-18-19(15)3/h5-8,11-12,16H,4,9-10H2,1-3H3. The molecule has 2 aromatic rings. The highest BCUT2D eigenvalue weighted by Gasteiger charge is 2.04. The second kappa shape index (κ2) is 7.05. The van der Waals surface area contributed by atoms with Crippen LogP contribution in [0.25, 0.3) is 0 Å². The molecule has 1 aromatic carbocycles. The molecular weight excluding hydrogens is 252 g/mol. The molecule has 0 radical (unpaired) electrons. The summed E-state index contributed by atoms with van der Waals surface area (Å²) in [6.07, 6.45) is 2.56. The number of aryl methyl sites for hydroxylation is 1. The van der Waals surface area contributed by atoms with Crippen molar-refractivity contribution in [2.75, 3.05) is 6.54 Å². The van der Waals surface area contributed by atoms with Crippen LogP contribution in [0, 0.1) is 0 Å². The van der Waals surface area contributed by atoms with E-state index in [1.165, 1.54) is 11.9 Å². The van der Waals surface area contributed by atoms with Gasteiger partial charge in [0.2, 0.25) is 0 Å². The fourth-order valence-corrected chi connectivity index (χ4v) is 2.09. The lowest BCUT2D eigenvalue weighted by atomic mass is 10.1. The molecule has 5 nitrogen and oxygen atoms in total. The number of aromatic nitrogens is 3. The first kappa shape index (κ1) is 14.5. The Morgan fingerprint density at radius 1 is 1.30 bits per heavy atom. The monoisotopic (exact) mass is 274 g/mol. The van der Waals surface area contributed by atoms with Gasteiger partial charge in [-0.15, -0.1) is 0 Å². The zero-order valence-corrected chi connectivity index (χ0v) is 12.3. The van der Waals surface area contributed by atoms with Gasteiger partial charge in [-0.2, -0.15) is 5.10 Å². The van der Waals surface area contributed by atoms with Crippen LogP contribution in [-0.2, 0) is 20.1 Å². The van der Waals surface area contributed by atoms with Crippen LogP contribution in [-0.4, -0.2) is 27.4 Å². The second-order valence-electron chi connectivity index (χ2n) is 4.90. The summed E-state index contributed by atoms with van der Waals surface area (Å²) in [7, 11) is 1.86. The summed E-state index contributed by atoms with van der Waals surface area (Å²) < 4.78 is 7.41. The Hall–Kier alpha value is -1.88. The first-order chi connectivity index (χ1) is 9.69. The highest BCUT2D eigenvalue weighted by Crippen LogP contribution is 2.14. The summed E-state index contributed by atoms with van der Waals surface area (Å²) in [4.78, 5) is 4.13. The van der Waals surface area contributed by atoms with Gasteiger partial charge in [0, 0.05) is 13.1 Å². The number of rotatable bonds is 7. The van der Waals surface area contributed by atoms with Crippen LogP contribution in [0.3, 0.4) is 0 Å². The summed E-state index contributed by atoms with van der Waals surface area (Å²) in [5, 5.41) is 7.42. The molecule has 2 rings (SSSR count). The molecule has 0 fully saturated rings. The van der Waals surface area contributed by atoms with E-state index in [-0.39, 0.29) is 0 Å². The minimum absolute atomic E-state index is 0.434. The fraction of sp³-hybridized carbons (Fsp3) is 0.467. The molecule has 0 aliphatic heterocycles. The quantitative estimate of drug-likeness (QED) is 0.838. The van der Waals surface area contributed by atoms with E-state index >= 15 is 0 Å². The van der Waals surface area contributed by atoms with E-state index in [2.05, 4.69) is 41.4 Å². The summed E-state index contributed by atoms with van der Waals surface area (Å²) in [5.41, 5.74) is 1.31. The van der Waals surface area contributed by atoms with Gasteiger partial charge < -0.3 is 10.1 Å². The van der Waals surface area contributed by atoms with Crippen molar-refractivity contribution in [2.45, 2.75) is 32.9 Å². The Kier molecular flexibility index (Phi) is 5.12. The van der Waals surface area contributed by atoms with E-state index in [0.717, 1.165) is 24.5 Å². The van der Waals surface area contributed by atoms with Crippen LogP contribution >= 0.6 is 0 Å². The van der Waals surface area contributed by atoms with Gasteiger partial charge in [0.15, 0.2) is 5.82 Å². The van der Waals surface area contributed by atoms with E-state index in [1.54, 1.807) is 4.68 Å². The van der Waals surface area contributed by atoms with Gasteiger partial charge in [-0.3, -0.25) is 4.68 Å². The predicted molar refractivity (Wildman–Crippen MR) is 78.6 cm³/mol. The largest absolute Gasteiger partial charge is 0.486 e. The van der Waals surface area contributed by atoms with E-state index in [4.69, 9.17) is 4.74 Å². The Bertz CT molecular complexity index is 521. The molecular formula is C15H22N4O. The molecule has 0 bridgehead atoms. The van der Waals surface area contributed by atoms with Crippen LogP contribution in [0.1, 0.15) is 25.2 Å². The lowest BCUT2D eigenvalue weighted by molar-refractivity contribution is 0.289. The zero-order valence-electron chi connectivity index (χ0n) is 12.3. The average molecular weight is 274 g/mol. The van der Waals surface area contributed by atoms with Crippen molar-refractivity contribution >= 4 is 0 Å². The maximum Gasteiger partial charge on any atom is 0.164 e. The maximum absolute atomic E-state index is 5.70. The van der Waals surface area contributed by atoms with Crippen LogP contribution in [0.5, 0.6) is 5.75 Å². The van der Waals surface area contributed by atoms with Crippen LogP contribution in [0.2, 0.25) is 0 Å². The van der Waals surface area contributed by atoms with Crippen molar-refractivity contribution in [3.63, 3.8) is 0 Å². The van der Waals surface area contributed by atoms with E-state index < -0.39 is 0 Å². The topological polar surface area (TPSA) is 52.0 Å². The smallest absolute Gasteiger partial charge is 0.164 e. The van der Waals surface area contributed by atoms with Gasteiger partial charge in [-0.1, -0.05) is 19.1 Å². The number of nitrogens with one attached hydrogen (secondary N) is 1. The first-order valence-corrected chi connectivity index (χ1v) is 6.97. The van der Waals surface area contributed by atoms with Crippen LogP contribution in [0.15, 0.2) is 30.6 Å². The minimum Gasteiger partial charge on any atom is -0.486 e. The summed E-state index contributed by atoms with van der Waals surface area (Å²) in [5.74, 6) is 1.67. The molecule has 0 spiro atoms. The first-order valence-electron chi connectivity index (χ1n) is 6.97. The molecule has 5 heteroatoms. The number of hydrogen-bond donors (Lipinski definition) is 1. The molecule has 0 saturated carbocycles. The number of benzene rings is 1. The van der Waals surface area contributed by atoms with Gasteiger partial charge >= 0.3 is 0 Å². The maximum atomic E-state index is 5.70. The summed E-state index contributed by atoms with van der Waals surface area (Å²) in [6, 6.07) is 8.72. The lowest BCUT2D eigenvalue weighted by Gasteiger charge is -2.12. The Morgan fingerprint density at radius 3 is 2.65 bits per heavy atom. The van der Waals surface area contributed by atoms with E-state index in [1.807, 2.05) is 19.2 Å². The van der Waals surface area contributed by atoms with Crippen molar-refractivity contribution < 1.29 is 4.74 Å². The molecule has 108 valence electrons. The van der Waals surface area contributed by atoms with Gasteiger partial charge in [0.1, 0.15) is 18.7 Å². The third kappa shape index (κ3) is 4.06. The Balaban J connectivity index is 1.87. The molecule has 1 unspecified atom stereocenters. The highest BCUT2D eigenvalue weighted by molar-refractivity contribution is 5.27. The molecule has 1 atom stereocenters. The van der Waals surface area contributed by atoms with Crippen molar-refractivity contribution in [3.8, 4) is 5.75 Å². The number of ether oxygens (including phenoxy) is 1.